The standard InChI is InChI=1S/C18H29NO/c1-5-11-19-18-12-17(16(18)6-2)14-7-9-15(10-8-14)20-13(3)4/h7-10,13,16-19H,5-6,11-12H2,1-4H3. The maximum atomic E-state index is 5.72. The summed E-state index contributed by atoms with van der Waals surface area (Å²) in [6.07, 6.45) is 4.01. The van der Waals surface area contributed by atoms with Crippen LogP contribution in [-0.4, -0.2) is 18.7 Å². The SMILES string of the molecule is CCCNC1CC(c2ccc(OC(C)C)cc2)C1CC. The zero-order chi connectivity index (χ0) is 14.5. The summed E-state index contributed by atoms with van der Waals surface area (Å²) in [6.45, 7) is 9.83. The second-order valence-corrected chi connectivity index (χ2v) is 6.21. The summed E-state index contributed by atoms with van der Waals surface area (Å²) >= 11 is 0. The van der Waals surface area contributed by atoms with E-state index in [-0.39, 0.29) is 6.10 Å². The highest BCUT2D eigenvalue weighted by atomic mass is 16.5. The van der Waals surface area contributed by atoms with Crippen LogP contribution in [0.4, 0.5) is 0 Å². The smallest absolute Gasteiger partial charge is 0.119 e. The van der Waals surface area contributed by atoms with Crippen molar-refractivity contribution in [2.45, 2.75) is 65.0 Å². The molecule has 1 aromatic carbocycles. The molecule has 0 bridgehead atoms. The number of nitrogens with one attached hydrogen (secondary N) is 1. The first-order chi connectivity index (χ1) is 9.65. The van der Waals surface area contributed by atoms with Gasteiger partial charge in [-0.05, 0) is 62.8 Å². The highest BCUT2D eigenvalue weighted by molar-refractivity contribution is 5.32. The van der Waals surface area contributed by atoms with Gasteiger partial charge in [0.05, 0.1) is 6.10 Å². The van der Waals surface area contributed by atoms with Crippen molar-refractivity contribution < 1.29 is 4.74 Å². The molecule has 0 aliphatic heterocycles. The van der Waals surface area contributed by atoms with Crippen LogP contribution in [0.1, 0.15) is 58.4 Å². The van der Waals surface area contributed by atoms with E-state index in [4.69, 9.17) is 4.74 Å². The van der Waals surface area contributed by atoms with Gasteiger partial charge in [0.2, 0.25) is 0 Å². The maximum Gasteiger partial charge on any atom is 0.119 e. The largest absolute Gasteiger partial charge is 0.491 e. The minimum absolute atomic E-state index is 0.246. The van der Waals surface area contributed by atoms with Crippen molar-refractivity contribution in [3.8, 4) is 5.75 Å². The molecule has 2 nitrogen and oxygen atoms in total. The van der Waals surface area contributed by atoms with E-state index in [2.05, 4.69) is 57.3 Å². The van der Waals surface area contributed by atoms with Crippen LogP contribution < -0.4 is 10.1 Å². The Morgan fingerprint density at radius 3 is 2.45 bits per heavy atom. The molecule has 0 aromatic heterocycles. The molecule has 3 atom stereocenters. The second kappa shape index (κ2) is 7.12. The van der Waals surface area contributed by atoms with E-state index in [1.54, 1.807) is 0 Å². The number of hydrogen-bond donors (Lipinski definition) is 1. The van der Waals surface area contributed by atoms with Gasteiger partial charge >= 0.3 is 0 Å². The van der Waals surface area contributed by atoms with Crippen LogP contribution in [0.2, 0.25) is 0 Å². The maximum absolute atomic E-state index is 5.72. The first kappa shape index (κ1) is 15.4. The third kappa shape index (κ3) is 3.54. The Bertz CT molecular complexity index is 398. The summed E-state index contributed by atoms with van der Waals surface area (Å²) in [5.74, 6) is 2.50. The summed E-state index contributed by atoms with van der Waals surface area (Å²) in [7, 11) is 0. The summed E-state index contributed by atoms with van der Waals surface area (Å²) in [5, 5.41) is 3.68. The lowest BCUT2D eigenvalue weighted by atomic mass is 9.65. The van der Waals surface area contributed by atoms with Crippen LogP contribution in [-0.2, 0) is 0 Å². The summed E-state index contributed by atoms with van der Waals surface area (Å²) in [5.41, 5.74) is 1.47. The van der Waals surface area contributed by atoms with Crippen LogP contribution in [0.5, 0.6) is 5.75 Å². The Hall–Kier alpha value is -1.02. The fourth-order valence-electron chi connectivity index (χ4n) is 3.29. The molecular formula is C18H29NO. The Morgan fingerprint density at radius 1 is 1.20 bits per heavy atom. The summed E-state index contributed by atoms with van der Waals surface area (Å²) in [6, 6.07) is 9.46. The lowest BCUT2D eigenvalue weighted by Gasteiger charge is -2.45. The molecule has 1 aliphatic rings. The molecule has 20 heavy (non-hydrogen) atoms. The Kier molecular flexibility index (Phi) is 5.47. The average Bonchev–Trinajstić information content (AvgIpc) is 2.39. The Balaban J connectivity index is 1.95. The minimum atomic E-state index is 0.246. The lowest BCUT2D eigenvalue weighted by molar-refractivity contribution is 0.161. The van der Waals surface area contributed by atoms with Gasteiger partial charge in [-0.15, -0.1) is 0 Å². The molecule has 1 aliphatic carbocycles. The summed E-state index contributed by atoms with van der Waals surface area (Å²) < 4.78 is 5.72. The molecule has 0 radical (unpaired) electrons. The van der Waals surface area contributed by atoms with E-state index in [9.17, 15) is 0 Å². The van der Waals surface area contributed by atoms with E-state index >= 15 is 0 Å². The predicted octanol–water partition coefficient (Wildman–Crippen LogP) is 4.36. The van der Waals surface area contributed by atoms with Crippen molar-refractivity contribution in [2.75, 3.05) is 6.54 Å². The zero-order valence-electron chi connectivity index (χ0n) is 13.4. The number of rotatable bonds is 7. The fourth-order valence-corrected chi connectivity index (χ4v) is 3.29. The van der Waals surface area contributed by atoms with Gasteiger partial charge in [0.15, 0.2) is 0 Å². The van der Waals surface area contributed by atoms with Gasteiger partial charge in [0.25, 0.3) is 0 Å². The third-order valence-corrected chi connectivity index (χ3v) is 4.35. The molecule has 0 amide bonds. The molecule has 1 aromatic rings. The fraction of sp³-hybridized carbons (Fsp3) is 0.667. The first-order valence-corrected chi connectivity index (χ1v) is 8.15. The first-order valence-electron chi connectivity index (χ1n) is 8.15. The number of ether oxygens (including phenoxy) is 1. The molecule has 0 heterocycles. The van der Waals surface area contributed by atoms with Crippen LogP contribution >= 0.6 is 0 Å². The van der Waals surface area contributed by atoms with Crippen molar-refractivity contribution in [3.05, 3.63) is 29.8 Å². The highest BCUT2D eigenvalue weighted by Crippen LogP contribution is 2.44. The quantitative estimate of drug-likeness (QED) is 0.798. The van der Waals surface area contributed by atoms with Gasteiger partial charge in [0, 0.05) is 6.04 Å². The molecule has 1 fully saturated rings. The minimum Gasteiger partial charge on any atom is -0.491 e. The van der Waals surface area contributed by atoms with E-state index in [1.807, 2.05) is 0 Å². The molecule has 2 heteroatoms. The molecule has 1 saturated carbocycles. The van der Waals surface area contributed by atoms with Crippen molar-refractivity contribution in [3.63, 3.8) is 0 Å². The lowest BCUT2D eigenvalue weighted by Crippen LogP contribution is -2.49. The predicted molar refractivity (Wildman–Crippen MR) is 85.4 cm³/mol. The van der Waals surface area contributed by atoms with E-state index < -0.39 is 0 Å². The average molecular weight is 275 g/mol. The van der Waals surface area contributed by atoms with Crippen LogP contribution in [0.15, 0.2) is 24.3 Å². The second-order valence-electron chi connectivity index (χ2n) is 6.21. The highest BCUT2D eigenvalue weighted by Gasteiger charge is 2.39. The monoisotopic (exact) mass is 275 g/mol. The molecule has 0 saturated heterocycles. The molecular weight excluding hydrogens is 246 g/mol. The van der Waals surface area contributed by atoms with E-state index in [1.165, 1.54) is 24.8 Å². The third-order valence-electron chi connectivity index (χ3n) is 4.35. The summed E-state index contributed by atoms with van der Waals surface area (Å²) in [4.78, 5) is 0. The van der Waals surface area contributed by atoms with Crippen molar-refractivity contribution >= 4 is 0 Å². The van der Waals surface area contributed by atoms with Crippen molar-refractivity contribution in [1.82, 2.24) is 5.32 Å². The van der Waals surface area contributed by atoms with Gasteiger partial charge in [-0.2, -0.15) is 0 Å². The topological polar surface area (TPSA) is 21.3 Å². The van der Waals surface area contributed by atoms with Gasteiger partial charge in [-0.3, -0.25) is 0 Å². The van der Waals surface area contributed by atoms with Crippen molar-refractivity contribution in [2.24, 2.45) is 5.92 Å². The van der Waals surface area contributed by atoms with Crippen LogP contribution in [0.25, 0.3) is 0 Å². The van der Waals surface area contributed by atoms with Crippen LogP contribution in [0, 0.1) is 5.92 Å². The Labute approximate surface area is 123 Å². The normalized spacial score (nSPS) is 25.6. The molecule has 2 rings (SSSR count). The Morgan fingerprint density at radius 2 is 1.90 bits per heavy atom. The van der Waals surface area contributed by atoms with Gasteiger partial charge in [-0.25, -0.2) is 0 Å². The molecule has 0 spiro atoms. The number of benzene rings is 1. The number of hydrogen-bond acceptors (Lipinski definition) is 2. The van der Waals surface area contributed by atoms with E-state index in [0.29, 0.717) is 0 Å². The van der Waals surface area contributed by atoms with Gasteiger partial charge < -0.3 is 10.1 Å². The molecule has 3 unspecified atom stereocenters. The molecule has 1 N–H and O–H groups in total. The zero-order valence-corrected chi connectivity index (χ0v) is 13.4. The van der Waals surface area contributed by atoms with Gasteiger partial charge in [0.1, 0.15) is 5.75 Å². The molecule has 112 valence electrons. The van der Waals surface area contributed by atoms with Crippen LogP contribution in [0.3, 0.4) is 0 Å². The van der Waals surface area contributed by atoms with Crippen molar-refractivity contribution in [1.29, 1.82) is 0 Å². The van der Waals surface area contributed by atoms with Gasteiger partial charge in [-0.1, -0.05) is 32.4 Å². The van der Waals surface area contributed by atoms with E-state index in [0.717, 1.165) is 30.2 Å².